The lowest BCUT2D eigenvalue weighted by Gasteiger charge is -2.26. The number of furan rings is 1. The third kappa shape index (κ3) is 4.37. The molecular formula is C27H30N6O3. The zero-order valence-electron chi connectivity index (χ0n) is 20.8. The van der Waals surface area contributed by atoms with Gasteiger partial charge >= 0.3 is 0 Å². The van der Waals surface area contributed by atoms with E-state index in [0.29, 0.717) is 53.5 Å². The maximum Gasteiger partial charge on any atom is 0.257 e. The van der Waals surface area contributed by atoms with E-state index in [1.807, 2.05) is 41.3 Å². The summed E-state index contributed by atoms with van der Waals surface area (Å²) in [6.07, 6.45) is 5.80. The van der Waals surface area contributed by atoms with Gasteiger partial charge in [0.05, 0.1) is 30.8 Å². The van der Waals surface area contributed by atoms with Gasteiger partial charge in [-0.25, -0.2) is 9.97 Å². The van der Waals surface area contributed by atoms with Crippen LogP contribution in [0.3, 0.4) is 0 Å². The monoisotopic (exact) mass is 486 g/mol. The van der Waals surface area contributed by atoms with Crippen molar-refractivity contribution >= 4 is 5.91 Å². The Bertz CT molecular complexity index is 1330. The Hall–Kier alpha value is -3.98. The average Bonchev–Trinajstić information content (AvgIpc) is 3.70. The summed E-state index contributed by atoms with van der Waals surface area (Å²) < 4.78 is 12.8. The van der Waals surface area contributed by atoms with Crippen molar-refractivity contribution in [1.29, 1.82) is 0 Å². The molecule has 1 atom stereocenters. The van der Waals surface area contributed by atoms with Gasteiger partial charge in [-0.1, -0.05) is 26.0 Å². The van der Waals surface area contributed by atoms with Crippen molar-refractivity contribution in [3.8, 4) is 34.4 Å². The molecule has 3 aromatic heterocycles. The van der Waals surface area contributed by atoms with Crippen LogP contribution in [0.1, 0.15) is 30.6 Å². The van der Waals surface area contributed by atoms with Gasteiger partial charge < -0.3 is 14.1 Å². The van der Waals surface area contributed by atoms with E-state index >= 15 is 0 Å². The molecule has 1 aliphatic rings. The van der Waals surface area contributed by atoms with E-state index in [0.717, 1.165) is 25.1 Å². The Labute approximate surface area is 210 Å². The normalized spacial score (nSPS) is 15.6. The molecule has 36 heavy (non-hydrogen) atoms. The first-order valence-electron chi connectivity index (χ1n) is 12.3. The number of carbonyl (C=O) groups excluding carboxylic acids is 1. The van der Waals surface area contributed by atoms with Gasteiger partial charge in [-0.05, 0) is 49.8 Å². The fourth-order valence-corrected chi connectivity index (χ4v) is 4.90. The van der Waals surface area contributed by atoms with Gasteiger partial charge in [0.15, 0.2) is 5.76 Å². The number of amides is 1. The molecule has 9 nitrogen and oxygen atoms in total. The topological polar surface area (TPSA) is 89.5 Å². The lowest BCUT2D eigenvalue weighted by Crippen LogP contribution is -2.38. The number of carbonyl (C=O) groups is 1. The van der Waals surface area contributed by atoms with Crippen LogP contribution < -0.4 is 4.74 Å². The van der Waals surface area contributed by atoms with Crippen molar-refractivity contribution in [3.05, 3.63) is 66.7 Å². The van der Waals surface area contributed by atoms with Gasteiger partial charge in [-0.2, -0.15) is 9.78 Å². The van der Waals surface area contributed by atoms with Crippen LogP contribution in [0.25, 0.3) is 28.7 Å². The first kappa shape index (κ1) is 23.7. The molecule has 9 heteroatoms. The van der Waals surface area contributed by atoms with E-state index < -0.39 is 0 Å². The van der Waals surface area contributed by atoms with Crippen LogP contribution in [-0.4, -0.2) is 74.8 Å². The Morgan fingerprint density at radius 3 is 2.75 bits per heavy atom. The summed E-state index contributed by atoms with van der Waals surface area (Å²) in [5.41, 5.74) is 2.53. The van der Waals surface area contributed by atoms with Gasteiger partial charge in [0.25, 0.3) is 11.9 Å². The third-order valence-corrected chi connectivity index (χ3v) is 6.75. The summed E-state index contributed by atoms with van der Waals surface area (Å²) >= 11 is 0. The molecule has 4 aromatic rings. The van der Waals surface area contributed by atoms with Crippen LogP contribution in [0.15, 0.2) is 65.5 Å². The maximum absolute atomic E-state index is 13.7. The first-order valence-corrected chi connectivity index (χ1v) is 12.3. The first-order chi connectivity index (χ1) is 17.6. The Morgan fingerprint density at radius 1 is 1.17 bits per heavy atom. The molecule has 0 bridgehead atoms. The highest BCUT2D eigenvalue weighted by Gasteiger charge is 2.33. The number of nitrogens with zero attached hydrogens (tertiary/aromatic N) is 6. The highest BCUT2D eigenvalue weighted by atomic mass is 16.5. The van der Waals surface area contributed by atoms with Crippen molar-refractivity contribution in [1.82, 2.24) is 29.5 Å². The number of hydrogen-bond acceptors (Lipinski definition) is 7. The number of likely N-dealkylation sites (N-methyl/N-ethyl adjacent to an activating group) is 1. The predicted molar refractivity (Wildman–Crippen MR) is 136 cm³/mol. The molecule has 1 saturated heterocycles. The van der Waals surface area contributed by atoms with Crippen LogP contribution in [0.4, 0.5) is 0 Å². The van der Waals surface area contributed by atoms with Gasteiger partial charge in [0, 0.05) is 30.9 Å². The highest BCUT2D eigenvalue weighted by Crippen LogP contribution is 2.31. The van der Waals surface area contributed by atoms with E-state index in [1.54, 1.807) is 36.5 Å². The van der Waals surface area contributed by atoms with Crippen LogP contribution >= 0.6 is 0 Å². The number of methoxy groups -OCH3 is 1. The van der Waals surface area contributed by atoms with Crippen molar-refractivity contribution in [2.24, 2.45) is 0 Å². The fraction of sp³-hybridized carbons (Fsp3) is 0.333. The molecule has 5 rings (SSSR count). The fourth-order valence-electron chi connectivity index (χ4n) is 4.90. The van der Waals surface area contributed by atoms with E-state index in [9.17, 15) is 4.79 Å². The summed E-state index contributed by atoms with van der Waals surface area (Å²) in [6.45, 7) is 7.67. The summed E-state index contributed by atoms with van der Waals surface area (Å²) in [6, 6.07) is 13.5. The molecule has 4 heterocycles. The molecule has 1 fully saturated rings. The van der Waals surface area contributed by atoms with Crippen molar-refractivity contribution in [2.75, 3.05) is 33.3 Å². The smallest absolute Gasteiger partial charge is 0.257 e. The number of likely N-dealkylation sites (tertiary alicyclic amines) is 1. The predicted octanol–water partition coefficient (Wildman–Crippen LogP) is 4.15. The maximum atomic E-state index is 13.7. The molecule has 1 aromatic carbocycles. The minimum atomic E-state index is -0.0665. The second-order valence-electron chi connectivity index (χ2n) is 8.65. The van der Waals surface area contributed by atoms with Crippen molar-refractivity contribution < 1.29 is 13.9 Å². The van der Waals surface area contributed by atoms with E-state index in [2.05, 4.69) is 28.8 Å². The number of benzene rings is 1. The average molecular weight is 487 g/mol. The highest BCUT2D eigenvalue weighted by molar-refractivity contribution is 5.99. The number of rotatable bonds is 8. The Morgan fingerprint density at radius 2 is 2.00 bits per heavy atom. The number of hydrogen-bond donors (Lipinski definition) is 0. The van der Waals surface area contributed by atoms with Crippen LogP contribution in [0.5, 0.6) is 5.75 Å². The molecule has 0 N–H and O–H groups in total. The molecule has 0 aliphatic carbocycles. The summed E-state index contributed by atoms with van der Waals surface area (Å²) in [4.78, 5) is 27.2. The van der Waals surface area contributed by atoms with Crippen molar-refractivity contribution in [3.63, 3.8) is 0 Å². The van der Waals surface area contributed by atoms with Gasteiger partial charge in [0.1, 0.15) is 11.4 Å². The Kier molecular flexibility index (Phi) is 6.81. The second kappa shape index (κ2) is 10.3. The standard InChI is InChI=1S/C27H30N6O3/c1-4-31(5-2)19-13-15-32(18-19)26(34)21-17-29-33(25(21)24-11-8-16-36-24)27-28-14-12-22(30-27)20-9-6-7-10-23(20)35-3/h6-12,14,16-17,19H,4-5,13,15,18H2,1-3H3. The SMILES string of the molecule is CCN(CC)C1CCN(C(=O)c2cnn(-c3nccc(-c4ccccc4OC)n3)c2-c2ccco2)C1. The number of aromatic nitrogens is 4. The van der Waals surface area contributed by atoms with Crippen LogP contribution in [0.2, 0.25) is 0 Å². The van der Waals surface area contributed by atoms with Crippen LogP contribution in [-0.2, 0) is 0 Å². The lowest BCUT2D eigenvalue weighted by molar-refractivity contribution is 0.0778. The van der Waals surface area contributed by atoms with E-state index in [4.69, 9.17) is 14.1 Å². The zero-order valence-corrected chi connectivity index (χ0v) is 20.8. The molecule has 0 spiro atoms. The Balaban J connectivity index is 1.52. The molecular weight excluding hydrogens is 456 g/mol. The minimum Gasteiger partial charge on any atom is -0.496 e. The quantitative estimate of drug-likeness (QED) is 0.370. The lowest BCUT2D eigenvalue weighted by atomic mass is 10.1. The molecule has 1 aliphatic heterocycles. The third-order valence-electron chi connectivity index (χ3n) is 6.75. The molecule has 0 saturated carbocycles. The number of ether oxygens (including phenoxy) is 1. The summed E-state index contributed by atoms with van der Waals surface area (Å²) in [7, 11) is 1.63. The summed E-state index contributed by atoms with van der Waals surface area (Å²) in [5, 5.41) is 4.54. The molecule has 0 radical (unpaired) electrons. The molecule has 1 unspecified atom stereocenters. The summed E-state index contributed by atoms with van der Waals surface area (Å²) in [5.74, 6) is 1.51. The van der Waals surface area contributed by atoms with Crippen LogP contribution in [0, 0.1) is 0 Å². The zero-order chi connectivity index (χ0) is 25.1. The van der Waals surface area contributed by atoms with Gasteiger partial charge in [-0.15, -0.1) is 0 Å². The van der Waals surface area contributed by atoms with E-state index in [-0.39, 0.29) is 5.91 Å². The van der Waals surface area contributed by atoms with Crippen molar-refractivity contribution in [2.45, 2.75) is 26.3 Å². The number of para-hydroxylation sites is 1. The molecule has 1 amide bonds. The van der Waals surface area contributed by atoms with Gasteiger partial charge in [0.2, 0.25) is 0 Å². The second-order valence-corrected chi connectivity index (χ2v) is 8.65. The molecule has 186 valence electrons. The largest absolute Gasteiger partial charge is 0.496 e. The minimum absolute atomic E-state index is 0.0665. The van der Waals surface area contributed by atoms with Gasteiger partial charge in [-0.3, -0.25) is 9.69 Å². The van der Waals surface area contributed by atoms with E-state index in [1.165, 1.54) is 0 Å².